The highest BCUT2D eigenvalue weighted by molar-refractivity contribution is 6.23. The molecule has 4 heteroatoms. The van der Waals surface area contributed by atoms with Crippen LogP contribution in [-0.2, 0) is 4.74 Å². The Morgan fingerprint density at radius 3 is 2.14 bits per heavy atom. The molecule has 0 heterocycles. The lowest BCUT2D eigenvalue weighted by Gasteiger charge is -2.24. The van der Waals surface area contributed by atoms with Gasteiger partial charge in [0.15, 0.2) is 0 Å². The third kappa shape index (κ3) is 7.27. The Balaban J connectivity index is 4.11. The van der Waals surface area contributed by atoms with E-state index in [1.54, 1.807) is 7.11 Å². The maximum Gasteiger partial charge on any atom is 0.149 e. The Morgan fingerprint density at radius 1 is 1.29 bits per heavy atom. The summed E-state index contributed by atoms with van der Waals surface area (Å²) in [4.78, 5) is -0.606. The van der Waals surface area contributed by atoms with E-state index >= 15 is 0 Å². The molecule has 0 fully saturated rings. The van der Waals surface area contributed by atoms with Gasteiger partial charge in [-0.1, -0.05) is 11.6 Å². The molecule has 3 nitrogen and oxygen atoms in total. The van der Waals surface area contributed by atoms with Crippen molar-refractivity contribution in [2.45, 2.75) is 57.7 Å². The summed E-state index contributed by atoms with van der Waals surface area (Å²) in [5, 5.41) is 8.15. The molecule has 0 aromatic rings. The summed E-state index contributed by atoms with van der Waals surface area (Å²) in [5.41, 5.74) is -0.158. The molecule has 0 radical (unpaired) electrons. The van der Waals surface area contributed by atoms with Gasteiger partial charge in [-0.25, -0.2) is 0 Å². The summed E-state index contributed by atoms with van der Waals surface area (Å²) in [5.74, 6) is 0. The van der Waals surface area contributed by atoms with Crippen LogP contribution >= 0.6 is 11.6 Å². The number of hydrogen-bond acceptors (Lipinski definition) is 3. The molecule has 0 aromatic carbocycles. The van der Waals surface area contributed by atoms with E-state index in [1.807, 2.05) is 34.6 Å². The van der Waals surface area contributed by atoms with Crippen molar-refractivity contribution < 1.29 is 4.74 Å². The molecule has 1 unspecified atom stereocenters. The fourth-order valence-corrected chi connectivity index (χ4v) is 1.12. The molecule has 1 atom stereocenters. The zero-order chi connectivity index (χ0) is 11.4. The summed E-state index contributed by atoms with van der Waals surface area (Å²) in [7, 11) is 1.70. The van der Waals surface area contributed by atoms with Crippen molar-refractivity contribution >= 4 is 11.6 Å². The van der Waals surface area contributed by atoms with Crippen molar-refractivity contribution in [2.75, 3.05) is 7.11 Å². The molecule has 0 saturated carbocycles. The van der Waals surface area contributed by atoms with E-state index in [9.17, 15) is 0 Å². The number of rotatable bonds is 5. The molecule has 0 saturated heterocycles. The average molecular weight is 221 g/mol. The summed E-state index contributed by atoms with van der Waals surface area (Å²) in [6.45, 7) is 9.70. The van der Waals surface area contributed by atoms with Gasteiger partial charge >= 0.3 is 0 Å². The second kappa shape index (κ2) is 5.08. The highest BCUT2D eigenvalue weighted by atomic mass is 35.5. The van der Waals surface area contributed by atoms with Crippen molar-refractivity contribution in [3.05, 3.63) is 0 Å². The van der Waals surface area contributed by atoms with Crippen LogP contribution in [0.25, 0.3) is 0 Å². The average Bonchev–Trinajstić information content (AvgIpc) is 1.99. The first-order chi connectivity index (χ1) is 6.16. The van der Waals surface area contributed by atoms with Gasteiger partial charge in [-0.15, -0.1) is 0 Å². The number of halogens is 1. The monoisotopic (exact) mass is 220 g/mol. The molecule has 0 rings (SSSR count). The van der Waals surface area contributed by atoms with Crippen LogP contribution in [-0.4, -0.2) is 23.8 Å². The molecule has 84 valence electrons. The molecular weight excluding hydrogens is 200 g/mol. The van der Waals surface area contributed by atoms with E-state index in [0.717, 1.165) is 6.42 Å². The van der Waals surface area contributed by atoms with Crippen molar-refractivity contribution in [1.29, 1.82) is 0 Å². The number of ether oxygens (including phenoxy) is 1. The van der Waals surface area contributed by atoms with Crippen LogP contribution in [0.4, 0.5) is 0 Å². The van der Waals surface area contributed by atoms with Gasteiger partial charge in [0, 0.05) is 7.11 Å². The molecule has 0 N–H and O–H groups in total. The summed E-state index contributed by atoms with van der Waals surface area (Å²) < 4.78 is 5.31. The van der Waals surface area contributed by atoms with Crippen molar-refractivity contribution in [1.82, 2.24) is 0 Å². The molecule has 0 spiro atoms. The van der Waals surface area contributed by atoms with Crippen LogP contribution in [0.1, 0.15) is 41.0 Å². The number of nitrogens with zero attached hydrogens (tertiary/aromatic N) is 2. The topological polar surface area (TPSA) is 34.0 Å². The Morgan fingerprint density at radius 2 is 1.79 bits per heavy atom. The van der Waals surface area contributed by atoms with Gasteiger partial charge in [0.2, 0.25) is 0 Å². The van der Waals surface area contributed by atoms with Gasteiger partial charge in [0.05, 0.1) is 11.6 Å². The Hall–Kier alpha value is -0.150. The number of alkyl halides is 1. The van der Waals surface area contributed by atoms with Gasteiger partial charge < -0.3 is 4.74 Å². The van der Waals surface area contributed by atoms with Gasteiger partial charge in [-0.2, -0.15) is 10.2 Å². The van der Waals surface area contributed by atoms with Crippen molar-refractivity contribution in [3.8, 4) is 0 Å². The van der Waals surface area contributed by atoms with E-state index < -0.39 is 5.00 Å². The minimum atomic E-state index is -0.606. The lowest BCUT2D eigenvalue weighted by molar-refractivity contribution is 0.0110. The van der Waals surface area contributed by atoms with E-state index in [2.05, 4.69) is 10.2 Å². The second-order valence-electron chi connectivity index (χ2n) is 4.64. The standard InChI is InChI=1S/C10H21ClN2O/c1-8(7-9(2,3)14-6)12-13-10(4,5)11/h8H,7H2,1-6H3. The second-order valence-corrected chi connectivity index (χ2v) is 5.57. The maximum absolute atomic E-state index is 5.89. The first-order valence-corrected chi connectivity index (χ1v) is 5.20. The van der Waals surface area contributed by atoms with Gasteiger partial charge in [0.1, 0.15) is 5.00 Å². The third-order valence-electron chi connectivity index (χ3n) is 1.83. The Kier molecular flexibility index (Phi) is 5.02. The van der Waals surface area contributed by atoms with Gasteiger partial charge in [-0.05, 0) is 41.0 Å². The zero-order valence-electron chi connectivity index (χ0n) is 9.97. The fraction of sp³-hybridized carbons (Fsp3) is 1.00. The lowest BCUT2D eigenvalue weighted by atomic mass is 10.0. The van der Waals surface area contributed by atoms with Crippen LogP contribution in [0.3, 0.4) is 0 Å². The summed E-state index contributed by atoms with van der Waals surface area (Å²) in [6, 6.07) is 0.128. The highest BCUT2D eigenvalue weighted by Crippen LogP contribution is 2.20. The molecular formula is C10H21ClN2O. The number of hydrogen-bond donors (Lipinski definition) is 0. The molecule has 0 aromatic heterocycles. The van der Waals surface area contributed by atoms with Crippen LogP contribution in [0.2, 0.25) is 0 Å². The first-order valence-electron chi connectivity index (χ1n) is 4.82. The predicted molar refractivity (Wildman–Crippen MR) is 60.0 cm³/mol. The smallest absolute Gasteiger partial charge is 0.149 e. The lowest BCUT2D eigenvalue weighted by Crippen LogP contribution is -2.26. The van der Waals surface area contributed by atoms with Gasteiger partial charge in [-0.3, -0.25) is 0 Å². The van der Waals surface area contributed by atoms with Gasteiger partial charge in [0.25, 0.3) is 0 Å². The van der Waals surface area contributed by atoms with E-state index in [4.69, 9.17) is 16.3 Å². The van der Waals surface area contributed by atoms with Crippen LogP contribution in [0, 0.1) is 0 Å². The fourth-order valence-electron chi connectivity index (χ4n) is 1.07. The van der Waals surface area contributed by atoms with Crippen molar-refractivity contribution in [2.24, 2.45) is 10.2 Å². The van der Waals surface area contributed by atoms with E-state index in [1.165, 1.54) is 0 Å². The molecule has 14 heavy (non-hydrogen) atoms. The number of methoxy groups -OCH3 is 1. The van der Waals surface area contributed by atoms with Crippen LogP contribution in [0.15, 0.2) is 10.2 Å². The maximum atomic E-state index is 5.89. The highest BCUT2D eigenvalue weighted by Gasteiger charge is 2.20. The number of azo groups is 1. The molecule has 0 aliphatic carbocycles. The quantitative estimate of drug-likeness (QED) is 0.396. The van der Waals surface area contributed by atoms with Crippen LogP contribution < -0.4 is 0 Å². The Bertz CT molecular complexity index is 197. The molecule has 0 aliphatic rings. The minimum absolute atomic E-state index is 0.128. The molecule has 0 amide bonds. The molecule has 0 aliphatic heterocycles. The zero-order valence-corrected chi connectivity index (χ0v) is 10.7. The minimum Gasteiger partial charge on any atom is -0.379 e. The van der Waals surface area contributed by atoms with E-state index in [0.29, 0.717) is 0 Å². The molecule has 0 bridgehead atoms. The predicted octanol–water partition coefficient (Wildman–Crippen LogP) is 3.62. The van der Waals surface area contributed by atoms with Crippen molar-refractivity contribution in [3.63, 3.8) is 0 Å². The summed E-state index contributed by atoms with van der Waals surface area (Å²) in [6.07, 6.45) is 0.833. The third-order valence-corrected chi connectivity index (χ3v) is 1.91. The van der Waals surface area contributed by atoms with E-state index in [-0.39, 0.29) is 11.6 Å². The summed E-state index contributed by atoms with van der Waals surface area (Å²) >= 11 is 5.89. The normalized spacial score (nSPS) is 16.2. The Labute approximate surface area is 91.9 Å². The van der Waals surface area contributed by atoms with Crippen LogP contribution in [0.5, 0.6) is 0 Å². The largest absolute Gasteiger partial charge is 0.379 e. The first kappa shape index (κ1) is 13.8. The SMILES string of the molecule is COC(C)(C)CC(C)N=NC(C)(C)Cl.